The van der Waals surface area contributed by atoms with Crippen LogP contribution in [0.15, 0.2) is 35.5 Å². The average Bonchev–Trinajstić information content (AvgIpc) is 2.28. The fourth-order valence-electron chi connectivity index (χ4n) is 1.64. The summed E-state index contributed by atoms with van der Waals surface area (Å²) in [5.74, 6) is 0.428. The summed E-state index contributed by atoms with van der Waals surface area (Å²) in [6.07, 6.45) is 1.11. The molecule has 0 saturated carbocycles. The van der Waals surface area contributed by atoms with Crippen LogP contribution in [-0.2, 0) is 0 Å². The molecule has 0 aliphatic heterocycles. The van der Waals surface area contributed by atoms with Crippen LogP contribution in [0.3, 0.4) is 0 Å². The maximum atomic E-state index is 9.55. The molecule has 1 aromatic heterocycles. The van der Waals surface area contributed by atoms with Crippen molar-refractivity contribution in [1.82, 2.24) is 4.98 Å². The highest BCUT2D eigenvalue weighted by atomic mass is 16.3. The standard InChI is InChI=1S/C12H14N4O/c1-7(17)9-3-2-8-4-5-15-11(10(8)6-9)16-12(13)14/h2-7,17H,1H3,(H4,13,14,15,16). The minimum atomic E-state index is -0.536. The zero-order chi connectivity index (χ0) is 12.4. The van der Waals surface area contributed by atoms with Crippen molar-refractivity contribution in [2.45, 2.75) is 13.0 Å². The van der Waals surface area contributed by atoms with Crippen molar-refractivity contribution in [3.8, 4) is 0 Å². The molecule has 0 spiro atoms. The molecule has 2 rings (SSSR count). The number of rotatable bonds is 2. The lowest BCUT2D eigenvalue weighted by molar-refractivity contribution is 0.199. The van der Waals surface area contributed by atoms with Crippen molar-refractivity contribution in [3.63, 3.8) is 0 Å². The summed E-state index contributed by atoms with van der Waals surface area (Å²) in [6, 6.07) is 7.48. The number of guanidine groups is 1. The highest BCUT2D eigenvalue weighted by Crippen LogP contribution is 2.26. The van der Waals surface area contributed by atoms with Gasteiger partial charge in [-0.15, -0.1) is 0 Å². The number of nitrogens with zero attached hydrogens (tertiary/aromatic N) is 2. The van der Waals surface area contributed by atoms with Crippen LogP contribution in [0.2, 0.25) is 0 Å². The van der Waals surface area contributed by atoms with Gasteiger partial charge in [0.05, 0.1) is 6.10 Å². The van der Waals surface area contributed by atoms with E-state index in [4.69, 9.17) is 11.5 Å². The third-order valence-corrected chi connectivity index (χ3v) is 2.49. The summed E-state index contributed by atoms with van der Waals surface area (Å²) in [5, 5.41) is 11.3. The summed E-state index contributed by atoms with van der Waals surface area (Å²) in [4.78, 5) is 8.09. The predicted molar refractivity (Wildman–Crippen MR) is 67.8 cm³/mol. The maximum absolute atomic E-state index is 9.55. The number of nitrogens with two attached hydrogens (primary N) is 2. The second-order valence-electron chi connectivity index (χ2n) is 3.83. The normalized spacial score (nSPS) is 12.4. The Morgan fingerprint density at radius 3 is 2.76 bits per heavy atom. The molecule has 1 aromatic carbocycles. The number of aromatic nitrogens is 1. The molecular formula is C12H14N4O. The summed E-state index contributed by atoms with van der Waals surface area (Å²) in [7, 11) is 0. The molecule has 0 saturated heterocycles. The topological polar surface area (TPSA) is 97.5 Å². The molecule has 0 aliphatic rings. The first-order chi connectivity index (χ1) is 8.08. The fraction of sp³-hybridized carbons (Fsp3) is 0.167. The van der Waals surface area contributed by atoms with E-state index in [0.29, 0.717) is 5.82 Å². The smallest absolute Gasteiger partial charge is 0.192 e. The van der Waals surface area contributed by atoms with E-state index in [1.54, 1.807) is 13.1 Å². The monoisotopic (exact) mass is 230 g/mol. The van der Waals surface area contributed by atoms with Crippen LogP contribution in [0.1, 0.15) is 18.6 Å². The molecule has 1 atom stereocenters. The van der Waals surface area contributed by atoms with E-state index in [9.17, 15) is 5.11 Å². The Labute approximate surface area is 98.8 Å². The molecule has 17 heavy (non-hydrogen) atoms. The van der Waals surface area contributed by atoms with Gasteiger partial charge in [0, 0.05) is 11.6 Å². The van der Waals surface area contributed by atoms with Crippen molar-refractivity contribution in [2.75, 3.05) is 0 Å². The van der Waals surface area contributed by atoms with Crippen LogP contribution in [-0.4, -0.2) is 16.1 Å². The molecule has 0 bridgehead atoms. The number of benzene rings is 1. The number of aliphatic hydroxyl groups excluding tert-OH is 1. The van der Waals surface area contributed by atoms with Gasteiger partial charge in [-0.25, -0.2) is 4.98 Å². The number of pyridine rings is 1. The van der Waals surface area contributed by atoms with Gasteiger partial charge in [-0.3, -0.25) is 0 Å². The van der Waals surface area contributed by atoms with Gasteiger partial charge in [0.2, 0.25) is 0 Å². The van der Waals surface area contributed by atoms with Crippen LogP contribution in [0.4, 0.5) is 5.82 Å². The van der Waals surface area contributed by atoms with E-state index in [-0.39, 0.29) is 5.96 Å². The zero-order valence-electron chi connectivity index (χ0n) is 9.46. The number of aliphatic imine (C=N–C) groups is 1. The van der Waals surface area contributed by atoms with Gasteiger partial charge < -0.3 is 16.6 Å². The molecule has 0 aliphatic carbocycles. The Kier molecular flexibility index (Phi) is 2.93. The Morgan fingerprint density at radius 1 is 1.35 bits per heavy atom. The lowest BCUT2D eigenvalue weighted by Gasteiger charge is -2.07. The molecule has 1 unspecified atom stereocenters. The second kappa shape index (κ2) is 4.39. The summed E-state index contributed by atoms with van der Waals surface area (Å²) < 4.78 is 0. The molecule has 88 valence electrons. The Morgan fingerprint density at radius 2 is 2.12 bits per heavy atom. The van der Waals surface area contributed by atoms with Crippen molar-refractivity contribution in [2.24, 2.45) is 16.5 Å². The molecule has 5 heteroatoms. The van der Waals surface area contributed by atoms with Crippen LogP contribution >= 0.6 is 0 Å². The highest BCUT2D eigenvalue weighted by Gasteiger charge is 2.06. The van der Waals surface area contributed by atoms with E-state index in [0.717, 1.165) is 16.3 Å². The van der Waals surface area contributed by atoms with Gasteiger partial charge in [0.1, 0.15) is 0 Å². The van der Waals surface area contributed by atoms with Gasteiger partial charge in [-0.05, 0) is 30.0 Å². The molecule has 5 N–H and O–H groups in total. The molecule has 5 nitrogen and oxygen atoms in total. The average molecular weight is 230 g/mol. The van der Waals surface area contributed by atoms with Crippen molar-refractivity contribution >= 4 is 22.5 Å². The third kappa shape index (κ3) is 2.34. The van der Waals surface area contributed by atoms with E-state index in [2.05, 4.69) is 9.98 Å². The summed E-state index contributed by atoms with van der Waals surface area (Å²) in [6.45, 7) is 1.71. The number of fused-ring (bicyclic) bond motifs is 1. The van der Waals surface area contributed by atoms with Crippen molar-refractivity contribution < 1.29 is 5.11 Å². The van der Waals surface area contributed by atoms with Crippen LogP contribution in [0, 0.1) is 0 Å². The molecule has 0 fully saturated rings. The van der Waals surface area contributed by atoms with Gasteiger partial charge in [-0.2, -0.15) is 4.99 Å². The number of hydrogen-bond donors (Lipinski definition) is 3. The zero-order valence-corrected chi connectivity index (χ0v) is 9.46. The van der Waals surface area contributed by atoms with Crippen LogP contribution in [0.25, 0.3) is 10.8 Å². The highest BCUT2D eigenvalue weighted by molar-refractivity contribution is 5.93. The van der Waals surface area contributed by atoms with E-state index in [1.165, 1.54) is 0 Å². The Bertz CT molecular complexity index is 574. The SMILES string of the molecule is CC(O)c1ccc2ccnc(N=C(N)N)c2c1. The largest absolute Gasteiger partial charge is 0.389 e. The van der Waals surface area contributed by atoms with Crippen LogP contribution in [0.5, 0.6) is 0 Å². The number of hydrogen-bond acceptors (Lipinski definition) is 3. The molecule has 1 heterocycles. The molecule has 0 amide bonds. The Hall–Kier alpha value is -2.14. The quantitative estimate of drug-likeness (QED) is 0.533. The molecular weight excluding hydrogens is 216 g/mol. The first kappa shape index (κ1) is 11.3. The van der Waals surface area contributed by atoms with Gasteiger partial charge in [0.15, 0.2) is 11.8 Å². The predicted octanol–water partition coefficient (Wildman–Crippen LogP) is 1.19. The third-order valence-electron chi connectivity index (χ3n) is 2.49. The summed E-state index contributed by atoms with van der Waals surface area (Å²) in [5.41, 5.74) is 11.5. The molecule has 0 radical (unpaired) electrons. The second-order valence-corrected chi connectivity index (χ2v) is 3.83. The van der Waals surface area contributed by atoms with Gasteiger partial charge >= 0.3 is 0 Å². The Balaban J connectivity index is 2.68. The van der Waals surface area contributed by atoms with Crippen molar-refractivity contribution in [3.05, 3.63) is 36.0 Å². The molecule has 2 aromatic rings. The fourth-order valence-corrected chi connectivity index (χ4v) is 1.64. The van der Waals surface area contributed by atoms with Gasteiger partial charge in [-0.1, -0.05) is 12.1 Å². The first-order valence-electron chi connectivity index (χ1n) is 5.24. The lowest BCUT2D eigenvalue weighted by atomic mass is 10.1. The minimum absolute atomic E-state index is 0.0348. The first-order valence-corrected chi connectivity index (χ1v) is 5.24. The maximum Gasteiger partial charge on any atom is 0.192 e. The number of aliphatic hydroxyl groups is 1. The lowest BCUT2D eigenvalue weighted by Crippen LogP contribution is -2.22. The summed E-state index contributed by atoms with van der Waals surface area (Å²) >= 11 is 0. The van der Waals surface area contributed by atoms with E-state index >= 15 is 0 Å². The minimum Gasteiger partial charge on any atom is -0.389 e. The van der Waals surface area contributed by atoms with E-state index in [1.807, 2.05) is 24.3 Å². The van der Waals surface area contributed by atoms with Gasteiger partial charge in [0.25, 0.3) is 0 Å². The van der Waals surface area contributed by atoms with E-state index < -0.39 is 6.10 Å². The van der Waals surface area contributed by atoms with Crippen LogP contribution < -0.4 is 11.5 Å². The van der Waals surface area contributed by atoms with Crippen molar-refractivity contribution in [1.29, 1.82) is 0 Å².